The summed E-state index contributed by atoms with van der Waals surface area (Å²) in [6.45, 7) is 4.29. The molecule has 0 unspecified atom stereocenters. The number of carbonyl (C=O) groups excluding carboxylic acids is 1. The van der Waals surface area contributed by atoms with Gasteiger partial charge in [0.15, 0.2) is 5.16 Å². The zero-order valence-corrected chi connectivity index (χ0v) is 15.5. The molecule has 0 saturated heterocycles. The molecule has 3 rings (SSSR count). The predicted octanol–water partition coefficient (Wildman–Crippen LogP) is 4.87. The minimum atomic E-state index is -0.446. The zero-order chi connectivity index (χ0) is 18.5. The molecule has 0 atom stereocenters. The quantitative estimate of drug-likeness (QED) is 0.631. The van der Waals surface area contributed by atoms with E-state index >= 15 is 0 Å². The topological polar surface area (TPSA) is 46.9 Å². The van der Waals surface area contributed by atoms with Gasteiger partial charge in [0.05, 0.1) is 17.1 Å². The Morgan fingerprint density at radius 3 is 2.69 bits per heavy atom. The molecular formula is C20H20FN3OS. The average molecular weight is 369 g/mol. The molecule has 1 aromatic heterocycles. The van der Waals surface area contributed by atoms with Crippen LogP contribution >= 0.6 is 11.8 Å². The summed E-state index contributed by atoms with van der Waals surface area (Å²) in [6, 6.07) is 14.3. The van der Waals surface area contributed by atoms with E-state index in [-0.39, 0.29) is 17.3 Å². The van der Waals surface area contributed by atoms with Crippen molar-refractivity contribution in [2.75, 3.05) is 11.1 Å². The fourth-order valence-electron chi connectivity index (χ4n) is 2.65. The molecule has 0 aliphatic carbocycles. The summed E-state index contributed by atoms with van der Waals surface area (Å²) >= 11 is 1.32. The lowest BCUT2D eigenvalue weighted by Crippen LogP contribution is -2.15. The summed E-state index contributed by atoms with van der Waals surface area (Å²) in [7, 11) is 0. The first-order valence-corrected chi connectivity index (χ1v) is 9.34. The molecule has 1 heterocycles. The van der Waals surface area contributed by atoms with Crippen molar-refractivity contribution in [3.63, 3.8) is 0 Å². The summed E-state index contributed by atoms with van der Waals surface area (Å²) in [5.41, 5.74) is 2.45. The Morgan fingerprint density at radius 1 is 1.19 bits per heavy atom. The van der Waals surface area contributed by atoms with Crippen LogP contribution in [0.5, 0.6) is 0 Å². The van der Waals surface area contributed by atoms with Crippen LogP contribution in [0.25, 0.3) is 5.69 Å². The van der Waals surface area contributed by atoms with Gasteiger partial charge < -0.3 is 5.32 Å². The van der Waals surface area contributed by atoms with Crippen LogP contribution in [0.3, 0.4) is 0 Å². The van der Waals surface area contributed by atoms with E-state index in [0.717, 1.165) is 10.8 Å². The molecular weight excluding hydrogens is 349 g/mol. The molecule has 0 fully saturated rings. The van der Waals surface area contributed by atoms with Crippen LogP contribution in [0.2, 0.25) is 0 Å². The van der Waals surface area contributed by atoms with Crippen LogP contribution in [-0.4, -0.2) is 21.2 Å². The molecule has 0 aliphatic heterocycles. The number of amides is 1. The highest BCUT2D eigenvalue weighted by Crippen LogP contribution is 2.27. The number of nitrogens with zero attached hydrogens (tertiary/aromatic N) is 2. The molecule has 0 bridgehead atoms. The molecule has 0 aliphatic rings. The van der Waals surface area contributed by atoms with E-state index in [2.05, 4.69) is 30.2 Å². The van der Waals surface area contributed by atoms with Gasteiger partial charge in [-0.3, -0.25) is 9.36 Å². The van der Waals surface area contributed by atoms with Gasteiger partial charge in [-0.2, -0.15) is 0 Å². The number of benzene rings is 2. The van der Waals surface area contributed by atoms with Crippen molar-refractivity contribution in [3.8, 4) is 5.69 Å². The van der Waals surface area contributed by atoms with Gasteiger partial charge in [-0.1, -0.05) is 55.9 Å². The Labute approximate surface area is 156 Å². The number of para-hydroxylation sites is 2. The van der Waals surface area contributed by atoms with Crippen LogP contribution in [0.15, 0.2) is 66.1 Å². The Kier molecular flexibility index (Phi) is 5.73. The van der Waals surface area contributed by atoms with Crippen molar-refractivity contribution in [2.45, 2.75) is 24.9 Å². The van der Waals surface area contributed by atoms with E-state index in [0.29, 0.717) is 5.92 Å². The standard InChI is InChI=1S/C20H20FN3OS/c1-14(2)15-7-3-6-10-18(15)24-12-11-22-20(24)26-13-19(25)23-17-9-5-4-8-16(17)21/h3-12,14H,13H2,1-2H3,(H,23,25). The van der Waals surface area contributed by atoms with Gasteiger partial charge in [0.2, 0.25) is 5.91 Å². The van der Waals surface area contributed by atoms with Crippen molar-refractivity contribution < 1.29 is 9.18 Å². The fraction of sp³-hybridized carbons (Fsp3) is 0.200. The van der Waals surface area contributed by atoms with Crippen molar-refractivity contribution >= 4 is 23.4 Å². The molecule has 3 aromatic rings. The second-order valence-electron chi connectivity index (χ2n) is 6.11. The number of hydrogen-bond acceptors (Lipinski definition) is 3. The van der Waals surface area contributed by atoms with Gasteiger partial charge in [-0.05, 0) is 29.7 Å². The Hall–Kier alpha value is -2.60. The molecule has 2 aromatic carbocycles. The lowest BCUT2D eigenvalue weighted by atomic mass is 10.0. The highest BCUT2D eigenvalue weighted by molar-refractivity contribution is 7.99. The van der Waals surface area contributed by atoms with E-state index in [9.17, 15) is 9.18 Å². The number of hydrogen-bond donors (Lipinski definition) is 1. The first-order chi connectivity index (χ1) is 12.6. The van der Waals surface area contributed by atoms with E-state index < -0.39 is 5.82 Å². The minimum absolute atomic E-state index is 0.148. The van der Waals surface area contributed by atoms with Gasteiger partial charge in [0.1, 0.15) is 5.82 Å². The highest BCUT2D eigenvalue weighted by atomic mass is 32.2. The lowest BCUT2D eigenvalue weighted by Gasteiger charge is -2.15. The maximum Gasteiger partial charge on any atom is 0.234 e. The molecule has 4 nitrogen and oxygen atoms in total. The van der Waals surface area contributed by atoms with E-state index in [4.69, 9.17) is 0 Å². The fourth-order valence-corrected chi connectivity index (χ4v) is 3.42. The van der Waals surface area contributed by atoms with Crippen molar-refractivity contribution in [1.82, 2.24) is 9.55 Å². The largest absolute Gasteiger partial charge is 0.323 e. The number of anilines is 1. The Bertz CT molecular complexity index is 907. The molecule has 0 spiro atoms. The van der Waals surface area contributed by atoms with Gasteiger partial charge >= 0.3 is 0 Å². The number of aromatic nitrogens is 2. The number of imidazole rings is 1. The van der Waals surface area contributed by atoms with E-state index in [1.54, 1.807) is 18.3 Å². The van der Waals surface area contributed by atoms with Gasteiger partial charge in [0, 0.05) is 12.4 Å². The normalized spacial score (nSPS) is 10.9. The Balaban J connectivity index is 1.72. The minimum Gasteiger partial charge on any atom is -0.323 e. The molecule has 134 valence electrons. The van der Waals surface area contributed by atoms with Crippen LogP contribution in [0, 0.1) is 5.82 Å². The lowest BCUT2D eigenvalue weighted by molar-refractivity contribution is -0.113. The van der Waals surface area contributed by atoms with Crippen molar-refractivity contribution in [2.24, 2.45) is 0 Å². The van der Waals surface area contributed by atoms with Crippen LogP contribution < -0.4 is 5.32 Å². The average Bonchev–Trinajstić information content (AvgIpc) is 3.10. The number of thioether (sulfide) groups is 1. The SMILES string of the molecule is CC(C)c1ccccc1-n1ccnc1SCC(=O)Nc1ccccc1F. The molecule has 0 saturated carbocycles. The first-order valence-electron chi connectivity index (χ1n) is 8.36. The maximum atomic E-state index is 13.6. The second kappa shape index (κ2) is 8.19. The van der Waals surface area contributed by atoms with E-state index in [1.165, 1.54) is 29.5 Å². The molecule has 26 heavy (non-hydrogen) atoms. The van der Waals surface area contributed by atoms with Crippen LogP contribution in [0.1, 0.15) is 25.3 Å². The van der Waals surface area contributed by atoms with Crippen LogP contribution in [-0.2, 0) is 4.79 Å². The highest BCUT2D eigenvalue weighted by Gasteiger charge is 2.13. The number of halogens is 1. The molecule has 1 amide bonds. The monoisotopic (exact) mass is 369 g/mol. The third-order valence-corrected chi connectivity index (χ3v) is 4.87. The van der Waals surface area contributed by atoms with Gasteiger partial charge in [-0.25, -0.2) is 9.37 Å². The summed E-state index contributed by atoms with van der Waals surface area (Å²) in [5, 5.41) is 3.31. The number of rotatable bonds is 6. The maximum absolute atomic E-state index is 13.6. The third kappa shape index (κ3) is 4.14. The second-order valence-corrected chi connectivity index (χ2v) is 7.05. The molecule has 0 radical (unpaired) electrons. The summed E-state index contributed by atoms with van der Waals surface area (Å²) in [5.74, 6) is -0.198. The molecule has 6 heteroatoms. The third-order valence-electron chi connectivity index (χ3n) is 3.91. The zero-order valence-electron chi connectivity index (χ0n) is 14.6. The summed E-state index contributed by atoms with van der Waals surface area (Å²) in [4.78, 5) is 16.5. The Morgan fingerprint density at radius 2 is 1.92 bits per heavy atom. The number of nitrogens with one attached hydrogen (secondary N) is 1. The first kappa shape index (κ1) is 18.2. The van der Waals surface area contributed by atoms with Gasteiger partial charge in [0.25, 0.3) is 0 Å². The number of carbonyl (C=O) groups is 1. The molecule has 1 N–H and O–H groups in total. The van der Waals surface area contributed by atoms with Crippen molar-refractivity contribution in [3.05, 3.63) is 72.3 Å². The van der Waals surface area contributed by atoms with Crippen LogP contribution in [0.4, 0.5) is 10.1 Å². The van der Waals surface area contributed by atoms with Gasteiger partial charge in [-0.15, -0.1) is 0 Å². The summed E-state index contributed by atoms with van der Waals surface area (Å²) in [6.07, 6.45) is 3.60. The summed E-state index contributed by atoms with van der Waals surface area (Å²) < 4.78 is 15.6. The smallest absolute Gasteiger partial charge is 0.234 e. The van der Waals surface area contributed by atoms with E-state index in [1.807, 2.05) is 29.0 Å². The van der Waals surface area contributed by atoms with Crippen molar-refractivity contribution in [1.29, 1.82) is 0 Å². The predicted molar refractivity (Wildman–Crippen MR) is 103 cm³/mol.